The molecule has 4 rings (SSSR count). The van der Waals surface area contributed by atoms with Crippen molar-refractivity contribution in [3.05, 3.63) is 71.7 Å². The zero-order chi connectivity index (χ0) is 25.8. The van der Waals surface area contributed by atoms with Gasteiger partial charge in [-0.25, -0.2) is 4.79 Å². The monoisotopic (exact) mass is 489 g/mol. The predicted octanol–water partition coefficient (Wildman–Crippen LogP) is 4.77. The maximum absolute atomic E-state index is 13.3. The van der Waals surface area contributed by atoms with E-state index in [-0.39, 0.29) is 19.0 Å². The Hall–Kier alpha value is -4.04. The molecule has 0 spiro atoms. The number of esters is 1. The molecular weight excluding hydrogens is 458 g/mol. The van der Waals surface area contributed by atoms with Crippen LogP contribution >= 0.6 is 0 Å². The number of aromatic hydroxyl groups is 1. The van der Waals surface area contributed by atoms with Crippen LogP contribution in [0.1, 0.15) is 28.5 Å². The van der Waals surface area contributed by atoms with E-state index in [0.29, 0.717) is 45.8 Å². The number of phenols is 1. The van der Waals surface area contributed by atoms with Crippen LogP contribution in [0.25, 0.3) is 22.0 Å². The number of methoxy groups -OCH3 is 1. The molecule has 8 heteroatoms. The Morgan fingerprint density at radius 1 is 1.14 bits per heavy atom. The van der Waals surface area contributed by atoms with Crippen LogP contribution in [0.5, 0.6) is 17.2 Å². The van der Waals surface area contributed by atoms with Gasteiger partial charge in [-0.1, -0.05) is 12.1 Å². The summed E-state index contributed by atoms with van der Waals surface area (Å²) in [4.78, 5) is 19.5. The van der Waals surface area contributed by atoms with Crippen LogP contribution in [-0.2, 0) is 24.9 Å². The van der Waals surface area contributed by atoms with Gasteiger partial charge in [-0.05, 0) is 45.3 Å². The van der Waals surface area contributed by atoms with Crippen molar-refractivity contribution < 1.29 is 24.1 Å². The molecule has 2 aromatic heterocycles. The van der Waals surface area contributed by atoms with E-state index in [2.05, 4.69) is 4.98 Å². The fourth-order valence-corrected chi connectivity index (χ4v) is 4.36. The normalized spacial score (nSPS) is 11.2. The first-order valence-corrected chi connectivity index (χ1v) is 11.7. The Balaban J connectivity index is 1.94. The molecule has 4 aromatic rings. The maximum atomic E-state index is 13.3. The first-order chi connectivity index (χ1) is 17.3. The second-order valence-electron chi connectivity index (χ2n) is 8.69. The smallest absolute Gasteiger partial charge is 0.340 e. The summed E-state index contributed by atoms with van der Waals surface area (Å²) in [5.41, 5.74) is 3.89. The molecule has 188 valence electrons. The van der Waals surface area contributed by atoms with E-state index in [1.165, 1.54) is 0 Å². The maximum Gasteiger partial charge on any atom is 0.340 e. The molecule has 0 aliphatic rings. The molecular formula is C28H31N3O5. The van der Waals surface area contributed by atoms with E-state index in [1.54, 1.807) is 32.5 Å². The van der Waals surface area contributed by atoms with Gasteiger partial charge in [0.2, 0.25) is 0 Å². The summed E-state index contributed by atoms with van der Waals surface area (Å²) < 4.78 is 18.8. The molecule has 0 aliphatic carbocycles. The van der Waals surface area contributed by atoms with Gasteiger partial charge >= 0.3 is 5.97 Å². The molecule has 0 atom stereocenters. The molecule has 0 fully saturated rings. The molecule has 36 heavy (non-hydrogen) atoms. The van der Waals surface area contributed by atoms with Gasteiger partial charge in [0, 0.05) is 54.1 Å². The van der Waals surface area contributed by atoms with Gasteiger partial charge in [-0.2, -0.15) is 0 Å². The summed E-state index contributed by atoms with van der Waals surface area (Å²) in [6, 6.07) is 12.9. The first kappa shape index (κ1) is 25.1. The Morgan fingerprint density at radius 2 is 1.92 bits per heavy atom. The number of pyridine rings is 1. The minimum absolute atomic E-state index is 0.112. The SMILES string of the molecule is CCOC(=O)c1c(COc2cccc(OC)c2)n(C)c2cc(-c3cccnc3)c(O)c(CN(C)C)c12. The Kier molecular flexibility index (Phi) is 7.45. The molecule has 0 aliphatic heterocycles. The zero-order valence-electron chi connectivity index (χ0n) is 21.2. The Bertz CT molecular complexity index is 1380. The van der Waals surface area contributed by atoms with E-state index in [4.69, 9.17) is 14.2 Å². The molecule has 2 heterocycles. The molecule has 0 radical (unpaired) electrons. The number of ether oxygens (including phenoxy) is 3. The molecule has 0 saturated heterocycles. The Labute approximate surface area is 210 Å². The van der Waals surface area contributed by atoms with Crippen molar-refractivity contribution in [2.75, 3.05) is 27.8 Å². The van der Waals surface area contributed by atoms with E-state index >= 15 is 0 Å². The lowest BCUT2D eigenvalue weighted by Gasteiger charge is -2.17. The standard InChI is InChI=1S/C28H31N3O5/c1-6-35-28(33)26-24(17-36-20-11-7-10-19(13-20)34-5)31(4)23-14-21(18-9-8-12-29-15-18)27(32)22(25(23)26)16-30(2)3/h7-15,32H,6,16-17H2,1-5H3. The number of hydrogen-bond acceptors (Lipinski definition) is 7. The molecule has 0 bridgehead atoms. The highest BCUT2D eigenvalue weighted by atomic mass is 16.5. The van der Waals surface area contributed by atoms with E-state index in [0.717, 1.165) is 11.1 Å². The van der Waals surface area contributed by atoms with Gasteiger partial charge in [-0.3, -0.25) is 4.98 Å². The lowest BCUT2D eigenvalue weighted by atomic mass is 9.96. The number of carbonyl (C=O) groups is 1. The van der Waals surface area contributed by atoms with Crippen molar-refractivity contribution in [2.24, 2.45) is 7.05 Å². The summed E-state index contributed by atoms with van der Waals surface area (Å²) in [5, 5.41) is 12.1. The molecule has 2 aromatic carbocycles. The minimum Gasteiger partial charge on any atom is -0.507 e. The zero-order valence-corrected chi connectivity index (χ0v) is 21.2. The summed E-state index contributed by atoms with van der Waals surface area (Å²) in [6.07, 6.45) is 3.40. The first-order valence-electron chi connectivity index (χ1n) is 11.7. The topological polar surface area (TPSA) is 86.0 Å². The van der Waals surface area contributed by atoms with E-state index < -0.39 is 5.97 Å². The van der Waals surface area contributed by atoms with Crippen LogP contribution in [0.3, 0.4) is 0 Å². The van der Waals surface area contributed by atoms with Crippen LogP contribution in [-0.4, -0.2) is 53.3 Å². The molecule has 0 saturated carbocycles. The molecule has 1 N–H and O–H groups in total. The lowest BCUT2D eigenvalue weighted by molar-refractivity contribution is 0.0525. The highest BCUT2D eigenvalue weighted by Gasteiger charge is 2.28. The predicted molar refractivity (Wildman–Crippen MR) is 138 cm³/mol. The summed E-state index contributed by atoms with van der Waals surface area (Å²) in [7, 11) is 7.32. The number of aryl methyl sites for hydroxylation is 1. The van der Waals surface area contributed by atoms with Crippen molar-refractivity contribution in [3.8, 4) is 28.4 Å². The molecule has 0 unspecified atom stereocenters. The van der Waals surface area contributed by atoms with E-state index in [1.807, 2.05) is 67.0 Å². The van der Waals surface area contributed by atoms with Crippen molar-refractivity contribution in [3.63, 3.8) is 0 Å². The largest absolute Gasteiger partial charge is 0.507 e. The van der Waals surface area contributed by atoms with Gasteiger partial charge in [0.25, 0.3) is 0 Å². The number of fused-ring (bicyclic) bond motifs is 1. The number of rotatable bonds is 9. The highest BCUT2D eigenvalue weighted by Crippen LogP contribution is 2.41. The second kappa shape index (κ2) is 10.7. The number of carbonyl (C=O) groups excluding carboxylic acids is 1. The van der Waals surface area contributed by atoms with Gasteiger partial charge in [0.1, 0.15) is 23.9 Å². The quantitative estimate of drug-likeness (QED) is 0.339. The van der Waals surface area contributed by atoms with Crippen molar-refractivity contribution in [2.45, 2.75) is 20.1 Å². The number of nitrogens with zero attached hydrogens (tertiary/aromatic N) is 3. The third-order valence-corrected chi connectivity index (χ3v) is 6.03. The van der Waals surface area contributed by atoms with Crippen molar-refractivity contribution >= 4 is 16.9 Å². The third kappa shape index (κ3) is 4.85. The number of phenolic OH excluding ortho intramolecular Hbond substituents is 1. The van der Waals surface area contributed by atoms with Crippen LogP contribution < -0.4 is 9.47 Å². The number of benzene rings is 2. The highest BCUT2D eigenvalue weighted by molar-refractivity contribution is 6.09. The average molecular weight is 490 g/mol. The second-order valence-corrected chi connectivity index (χ2v) is 8.69. The Morgan fingerprint density at radius 3 is 2.58 bits per heavy atom. The summed E-state index contributed by atoms with van der Waals surface area (Å²) in [6.45, 7) is 2.54. The molecule has 8 nitrogen and oxygen atoms in total. The number of hydrogen-bond donors (Lipinski definition) is 1. The fraction of sp³-hybridized carbons (Fsp3) is 0.286. The van der Waals surface area contributed by atoms with Gasteiger partial charge in [0.05, 0.1) is 30.5 Å². The van der Waals surface area contributed by atoms with Gasteiger partial charge in [-0.15, -0.1) is 0 Å². The van der Waals surface area contributed by atoms with Crippen LogP contribution in [0.2, 0.25) is 0 Å². The number of aromatic nitrogens is 2. The van der Waals surface area contributed by atoms with Crippen LogP contribution in [0.4, 0.5) is 0 Å². The van der Waals surface area contributed by atoms with Crippen molar-refractivity contribution in [1.29, 1.82) is 0 Å². The van der Waals surface area contributed by atoms with E-state index in [9.17, 15) is 9.90 Å². The average Bonchev–Trinajstić information content (AvgIpc) is 3.16. The lowest BCUT2D eigenvalue weighted by Crippen LogP contribution is -2.13. The van der Waals surface area contributed by atoms with Crippen molar-refractivity contribution in [1.82, 2.24) is 14.5 Å². The van der Waals surface area contributed by atoms with Crippen LogP contribution in [0.15, 0.2) is 54.9 Å². The van der Waals surface area contributed by atoms with Gasteiger partial charge in [0.15, 0.2) is 0 Å². The third-order valence-electron chi connectivity index (χ3n) is 6.03. The minimum atomic E-state index is -0.458. The van der Waals surface area contributed by atoms with Gasteiger partial charge < -0.3 is 28.8 Å². The summed E-state index contributed by atoms with van der Waals surface area (Å²) >= 11 is 0. The molecule has 0 amide bonds. The fourth-order valence-electron chi connectivity index (χ4n) is 4.36. The summed E-state index contributed by atoms with van der Waals surface area (Å²) in [5.74, 6) is 0.942. The van der Waals surface area contributed by atoms with Crippen LogP contribution in [0, 0.1) is 0 Å².